The summed E-state index contributed by atoms with van der Waals surface area (Å²) in [7, 11) is 0. The van der Waals surface area contributed by atoms with E-state index >= 15 is 0 Å². The summed E-state index contributed by atoms with van der Waals surface area (Å²) in [5.41, 5.74) is 0. The average Bonchev–Trinajstić information content (AvgIpc) is 3.43. The Morgan fingerprint density at radius 1 is 0.260 bits per heavy atom. The van der Waals surface area contributed by atoms with Crippen LogP contribution in [0.25, 0.3) is 0 Å². The van der Waals surface area contributed by atoms with E-state index in [0.717, 1.165) is 167 Å². The van der Waals surface area contributed by atoms with E-state index in [4.69, 9.17) is 14.2 Å². The van der Waals surface area contributed by atoms with Crippen LogP contribution in [0.15, 0.2) is 146 Å². The van der Waals surface area contributed by atoms with Crippen molar-refractivity contribution in [2.24, 2.45) is 0 Å². The standard InChI is InChI=1S/C71H114O6/c1-4-7-10-13-16-19-22-25-28-30-31-32-33-34-35-36-37-38-39-41-43-46-49-52-55-58-61-64-70(73)76-67-68(66-75-69(72)63-60-57-54-51-48-45-42-27-24-21-18-15-12-9-6-3)77-71(74)65-62-59-56-53-50-47-44-40-29-26-23-20-17-14-11-8-5-2/h7-12,16-21,25-29,31-32,34-35,42,44,47,68H,4-6,13-15,22-24,30,33,36-41,43,45-46,48-67H2,1-3H3/b10-7-,11-8-,12-9-,19-16-,20-17-,21-18-,28-25-,29-26-,32-31-,35-34-,42-27-,47-44-. The lowest BCUT2D eigenvalue weighted by molar-refractivity contribution is -0.167. The van der Waals surface area contributed by atoms with Crippen LogP contribution in [0, 0.1) is 0 Å². The maximum atomic E-state index is 12.9. The summed E-state index contributed by atoms with van der Waals surface area (Å²) in [5, 5.41) is 0. The number of hydrogen-bond acceptors (Lipinski definition) is 6. The molecule has 0 aromatic heterocycles. The van der Waals surface area contributed by atoms with E-state index in [0.29, 0.717) is 19.3 Å². The number of hydrogen-bond donors (Lipinski definition) is 0. The Morgan fingerprint density at radius 3 is 0.727 bits per heavy atom. The van der Waals surface area contributed by atoms with Crippen molar-refractivity contribution < 1.29 is 28.6 Å². The van der Waals surface area contributed by atoms with E-state index in [1.54, 1.807) is 0 Å². The van der Waals surface area contributed by atoms with Crippen molar-refractivity contribution in [1.29, 1.82) is 0 Å². The lowest BCUT2D eigenvalue weighted by Crippen LogP contribution is -2.30. The Morgan fingerprint density at radius 2 is 0.468 bits per heavy atom. The van der Waals surface area contributed by atoms with E-state index in [2.05, 4.69) is 167 Å². The van der Waals surface area contributed by atoms with Gasteiger partial charge in [0.1, 0.15) is 13.2 Å². The number of carbonyl (C=O) groups excluding carboxylic acids is 3. The van der Waals surface area contributed by atoms with Crippen LogP contribution < -0.4 is 0 Å². The summed E-state index contributed by atoms with van der Waals surface area (Å²) < 4.78 is 16.9. The number of allylic oxidation sites excluding steroid dienone is 24. The third-order valence-electron chi connectivity index (χ3n) is 12.8. The van der Waals surface area contributed by atoms with Crippen LogP contribution in [0.4, 0.5) is 0 Å². The minimum atomic E-state index is -0.807. The number of ether oxygens (including phenoxy) is 3. The first-order valence-electron chi connectivity index (χ1n) is 31.3. The summed E-state index contributed by atoms with van der Waals surface area (Å²) in [6, 6.07) is 0. The Bertz CT molecular complexity index is 1700. The van der Waals surface area contributed by atoms with Crippen LogP contribution in [-0.4, -0.2) is 37.2 Å². The van der Waals surface area contributed by atoms with Crippen molar-refractivity contribution in [1.82, 2.24) is 0 Å². The molecular formula is C71H114O6. The number of unbranched alkanes of at least 4 members (excludes halogenated alkanes) is 20. The van der Waals surface area contributed by atoms with Crippen LogP contribution in [0.5, 0.6) is 0 Å². The molecule has 0 heterocycles. The summed E-state index contributed by atoms with van der Waals surface area (Å²) in [5.74, 6) is -0.945. The molecule has 6 heteroatoms. The molecule has 0 spiro atoms. The molecule has 0 N–H and O–H groups in total. The van der Waals surface area contributed by atoms with Gasteiger partial charge in [0.25, 0.3) is 0 Å². The van der Waals surface area contributed by atoms with Crippen molar-refractivity contribution in [2.75, 3.05) is 13.2 Å². The molecule has 0 bridgehead atoms. The van der Waals surface area contributed by atoms with E-state index in [1.165, 1.54) is 57.8 Å². The largest absolute Gasteiger partial charge is 0.462 e. The van der Waals surface area contributed by atoms with Gasteiger partial charge in [-0.15, -0.1) is 0 Å². The number of rotatable bonds is 55. The molecule has 0 fully saturated rings. The molecule has 0 aliphatic carbocycles. The number of esters is 3. The predicted octanol–water partition coefficient (Wildman–Crippen LogP) is 21.5. The molecule has 1 unspecified atom stereocenters. The van der Waals surface area contributed by atoms with Crippen molar-refractivity contribution >= 4 is 17.9 Å². The van der Waals surface area contributed by atoms with Crippen LogP contribution in [0.1, 0.15) is 265 Å². The summed E-state index contributed by atoms with van der Waals surface area (Å²) >= 11 is 0. The second kappa shape index (κ2) is 63.8. The van der Waals surface area contributed by atoms with Crippen molar-refractivity contribution in [2.45, 2.75) is 271 Å². The average molecular weight is 1060 g/mol. The van der Waals surface area contributed by atoms with Crippen molar-refractivity contribution in [3.63, 3.8) is 0 Å². The fourth-order valence-electron chi connectivity index (χ4n) is 8.24. The highest BCUT2D eigenvalue weighted by molar-refractivity contribution is 5.71. The van der Waals surface area contributed by atoms with E-state index in [-0.39, 0.29) is 31.1 Å². The lowest BCUT2D eigenvalue weighted by atomic mass is 10.0. The molecule has 1 atom stereocenters. The molecule has 0 aromatic carbocycles. The third kappa shape index (κ3) is 62.0. The zero-order chi connectivity index (χ0) is 55.7. The van der Waals surface area contributed by atoms with Gasteiger partial charge >= 0.3 is 17.9 Å². The maximum absolute atomic E-state index is 12.9. The zero-order valence-electron chi connectivity index (χ0n) is 49.7. The van der Waals surface area contributed by atoms with Crippen LogP contribution in [0.2, 0.25) is 0 Å². The second-order valence-corrected chi connectivity index (χ2v) is 20.2. The first kappa shape index (κ1) is 72.3. The summed E-state index contributed by atoms with van der Waals surface area (Å²) in [6.45, 7) is 6.26. The van der Waals surface area contributed by atoms with Gasteiger partial charge in [0.15, 0.2) is 6.10 Å². The number of carbonyl (C=O) groups is 3. The molecular weight excluding hydrogens is 949 g/mol. The molecule has 434 valence electrons. The van der Waals surface area contributed by atoms with E-state index in [9.17, 15) is 14.4 Å². The van der Waals surface area contributed by atoms with Crippen LogP contribution in [-0.2, 0) is 28.6 Å². The van der Waals surface area contributed by atoms with Crippen molar-refractivity contribution in [3.8, 4) is 0 Å². The Balaban J connectivity index is 4.39. The molecule has 0 aromatic rings. The highest BCUT2D eigenvalue weighted by Crippen LogP contribution is 2.15. The Kier molecular flexibility index (Phi) is 59.9. The van der Waals surface area contributed by atoms with Gasteiger partial charge in [-0.05, 0) is 135 Å². The molecule has 0 radical (unpaired) electrons. The summed E-state index contributed by atoms with van der Waals surface area (Å²) in [6.07, 6.45) is 91.3. The fourth-order valence-corrected chi connectivity index (χ4v) is 8.24. The van der Waals surface area contributed by atoms with Gasteiger partial charge in [-0.2, -0.15) is 0 Å². The van der Waals surface area contributed by atoms with Gasteiger partial charge in [-0.25, -0.2) is 0 Å². The summed E-state index contributed by atoms with van der Waals surface area (Å²) in [4.78, 5) is 38.3. The first-order chi connectivity index (χ1) is 38.0. The molecule has 0 rings (SSSR count). The molecule has 0 aliphatic heterocycles. The van der Waals surface area contributed by atoms with Crippen LogP contribution >= 0.6 is 0 Å². The Hall–Kier alpha value is -4.71. The molecule has 0 saturated heterocycles. The third-order valence-corrected chi connectivity index (χ3v) is 12.8. The molecule has 0 aliphatic rings. The van der Waals surface area contributed by atoms with Gasteiger partial charge < -0.3 is 14.2 Å². The highest BCUT2D eigenvalue weighted by atomic mass is 16.6. The van der Waals surface area contributed by atoms with Gasteiger partial charge in [0.2, 0.25) is 0 Å². The van der Waals surface area contributed by atoms with Gasteiger partial charge in [-0.1, -0.05) is 256 Å². The monoisotopic (exact) mass is 1060 g/mol. The van der Waals surface area contributed by atoms with E-state index < -0.39 is 6.10 Å². The quantitative estimate of drug-likeness (QED) is 0.0261. The van der Waals surface area contributed by atoms with Gasteiger partial charge in [-0.3, -0.25) is 14.4 Å². The fraction of sp³-hybridized carbons (Fsp3) is 0.620. The smallest absolute Gasteiger partial charge is 0.306 e. The predicted molar refractivity (Wildman–Crippen MR) is 334 cm³/mol. The molecule has 0 saturated carbocycles. The topological polar surface area (TPSA) is 78.9 Å². The second-order valence-electron chi connectivity index (χ2n) is 20.2. The lowest BCUT2D eigenvalue weighted by Gasteiger charge is -2.18. The van der Waals surface area contributed by atoms with Gasteiger partial charge in [0, 0.05) is 19.3 Å². The minimum absolute atomic E-state index is 0.100. The van der Waals surface area contributed by atoms with Crippen molar-refractivity contribution in [3.05, 3.63) is 146 Å². The first-order valence-corrected chi connectivity index (χ1v) is 31.3. The van der Waals surface area contributed by atoms with Gasteiger partial charge in [0.05, 0.1) is 0 Å². The van der Waals surface area contributed by atoms with E-state index in [1.807, 2.05) is 0 Å². The SMILES string of the molecule is CC/C=C\C/C=C\C/C=C\C/C=C\C/C=C\CCCCCCCCCCCCCC(=O)OCC(COC(=O)CCCCCCC/C=C\C/C=C\C/C=C\CC)OC(=O)CCCCCC/C=C\C/C=C\C/C=C\C/C=C\CC. The van der Waals surface area contributed by atoms with Crippen LogP contribution in [0.3, 0.4) is 0 Å². The normalized spacial score (nSPS) is 13.1. The maximum Gasteiger partial charge on any atom is 0.306 e. The Labute approximate surface area is 474 Å². The highest BCUT2D eigenvalue weighted by Gasteiger charge is 2.19. The molecule has 0 amide bonds. The minimum Gasteiger partial charge on any atom is -0.462 e. The molecule has 77 heavy (non-hydrogen) atoms. The molecule has 6 nitrogen and oxygen atoms in total. The zero-order valence-corrected chi connectivity index (χ0v) is 49.7.